The summed E-state index contributed by atoms with van der Waals surface area (Å²) in [6.45, 7) is 6.17. The van der Waals surface area contributed by atoms with Gasteiger partial charge < -0.3 is 9.84 Å². The molecule has 0 aliphatic heterocycles. The predicted molar refractivity (Wildman–Crippen MR) is 78.3 cm³/mol. The molecular weight excluding hydrogens is 271 g/mol. The van der Waals surface area contributed by atoms with Gasteiger partial charge >= 0.3 is 5.97 Å². The van der Waals surface area contributed by atoms with Gasteiger partial charge in [-0.3, -0.25) is 0 Å². The van der Waals surface area contributed by atoms with Crippen LogP contribution in [0.1, 0.15) is 32.6 Å². The first-order valence-electron chi connectivity index (χ1n) is 6.61. The van der Waals surface area contributed by atoms with E-state index >= 15 is 0 Å². The van der Waals surface area contributed by atoms with Crippen LogP contribution in [-0.2, 0) is 6.61 Å². The predicted octanol–water partition coefficient (Wildman–Crippen LogP) is 4.03. The maximum Gasteiger partial charge on any atom is 0.342 e. The third-order valence-corrected chi connectivity index (χ3v) is 3.40. The fourth-order valence-electron chi connectivity index (χ4n) is 2.42. The summed E-state index contributed by atoms with van der Waals surface area (Å²) in [6.07, 6.45) is 0. The molecule has 0 aliphatic rings. The van der Waals surface area contributed by atoms with Gasteiger partial charge in [-0.2, -0.15) is 0 Å². The van der Waals surface area contributed by atoms with Gasteiger partial charge in [-0.05, 0) is 49.6 Å². The van der Waals surface area contributed by atoms with Gasteiger partial charge in [-0.15, -0.1) is 0 Å². The highest BCUT2D eigenvalue weighted by Gasteiger charge is 2.17. The lowest BCUT2D eigenvalue weighted by Crippen LogP contribution is -2.07. The Bertz CT molecular complexity index is 669. The largest absolute Gasteiger partial charge is 0.488 e. The molecule has 1 N–H and O–H groups in total. The first-order chi connectivity index (χ1) is 9.90. The minimum atomic E-state index is -1.33. The molecule has 0 heterocycles. The molecule has 4 heteroatoms. The summed E-state index contributed by atoms with van der Waals surface area (Å²) < 4.78 is 19.1. The van der Waals surface area contributed by atoms with Crippen LogP contribution in [0.25, 0.3) is 0 Å². The number of halogens is 1. The standard InChI is InChI=1S/C17H17FO3/c1-10-7-11(2)13(12(3)8-10)9-21-15-6-4-5-14(18)16(15)17(19)20/h4-8H,9H2,1-3H3,(H,19,20). The number of benzene rings is 2. The lowest BCUT2D eigenvalue weighted by molar-refractivity contribution is 0.0686. The summed E-state index contributed by atoms with van der Waals surface area (Å²) in [5.74, 6) is -2.08. The van der Waals surface area contributed by atoms with E-state index in [4.69, 9.17) is 9.84 Å². The van der Waals surface area contributed by atoms with Crippen LogP contribution in [0.2, 0.25) is 0 Å². The number of rotatable bonds is 4. The quantitative estimate of drug-likeness (QED) is 0.924. The molecule has 0 atom stereocenters. The van der Waals surface area contributed by atoms with E-state index in [9.17, 15) is 9.18 Å². The molecule has 0 unspecified atom stereocenters. The summed E-state index contributed by atoms with van der Waals surface area (Å²) in [5.41, 5.74) is 3.86. The Morgan fingerprint density at radius 1 is 1.19 bits per heavy atom. The zero-order valence-electron chi connectivity index (χ0n) is 12.2. The van der Waals surface area contributed by atoms with E-state index in [1.807, 2.05) is 32.9 Å². The van der Waals surface area contributed by atoms with Gasteiger partial charge in [0.25, 0.3) is 0 Å². The number of carboxylic acid groups (broad SMARTS) is 1. The van der Waals surface area contributed by atoms with Crippen molar-refractivity contribution in [2.24, 2.45) is 0 Å². The Morgan fingerprint density at radius 3 is 2.38 bits per heavy atom. The summed E-state index contributed by atoms with van der Waals surface area (Å²) in [4.78, 5) is 11.1. The third-order valence-electron chi connectivity index (χ3n) is 3.40. The second kappa shape index (κ2) is 5.95. The van der Waals surface area contributed by atoms with Crippen molar-refractivity contribution in [1.82, 2.24) is 0 Å². The van der Waals surface area contributed by atoms with Crippen LogP contribution in [0.15, 0.2) is 30.3 Å². The minimum Gasteiger partial charge on any atom is -0.488 e. The molecule has 0 amide bonds. The fourth-order valence-corrected chi connectivity index (χ4v) is 2.42. The zero-order chi connectivity index (χ0) is 15.6. The number of aromatic carboxylic acids is 1. The number of hydrogen-bond acceptors (Lipinski definition) is 2. The molecule has 0 saturated carbocycles. The van der Waals surface area contributed by atoms with Crippen molar-refractivity contribution >= 4 is 5.97 Å². The molecule has 0 spiro atoms. The van der Waals surface area contributed by atoms with Crippen molar-refractivity contribution in [2.75, 3.05) is 0 Å². The molecule has 110 valence electrons. The van der Waals surface area contributed by atoms with Crippen LogP contribution in [-0.4, -0.2) is 11.1 Å². The molecule has 0 saturated heterocycles. The Labute approximate surface area is 123 Å². The SMILES string of the molecule is Cc1cc(C)c(COc2cccc(F)c2C(=O)O)c(C)c1. The number of carboxylic acids is 1. The second-order valence-electron chi connectivity index (χ2n) is 5.08. The topological polar surface area (TPSA) is 46.5 Å². The monoisotopic (exact) mass is 288 g/mol. The first-order valence-corrected chi connectivity index (χ1v) is 6.61. The molecule has 2 aromatic carbocycles. The highest BCUT2D eigenvalue weighted by Crippen LogP contribution is 2.24. The van der Waals surface area contributed by atoms with Crippen molar-refractivity contribution in [1.29, 1.82) is 0 Å². The molecule has 3 nitrogen and oxygen atoms in total. The van der Waals surface area contributed by atoms with Crippen molar-refractivity contribution < 1.29 is 19.0 Å². The van der Waals surface area contributed by atoms with Crippen LogP contribution >= 0.6 is 0 Å². The average molecular weight is 288 g/mol. The van der Waals surface area contributed by atoms with E-state index in [1.165, 1.54) is 12.1 Å². The molecular formula is C17H17FO3. The first kappa shape index (κ1) is 15.0. The summed E-state index contributed by atoms with van der Waals surface area (Å²) in [6, 6.07) is 8.08. The maximum atomic E-state index is 13.6. The van der Waals surface area contributed by atoms with Crippen LogP contribution in [0.3, 0.4) is 0 Å². The number of aryl methyl sites for hydroxylation is 3. The summed E-state index contributed by atoms with van der Waals surface area (Å²) in [7, 11) is 0. The van der Waals surface area contributed by atoms with Gasteiger partial charge in [0, 0.05) is 0 Å². The third kappa shape index (κ3) is 3.21. The Morgan fingerprint density at radius 2 is 1.81 bits per heavy atom. The van der Waals surface area contributed by atoms with E-state index in [0.717, 1.165) is 28.3 Å². The van der Waals surface area contributed by atoms with E-state index in [1.54, 1.807) is 0 Å². The van der Waals surface area contributed by atoms with Crippen LogP contribution < -0.4 is 4.74 Å². The van der Waals surface area contributed by atoms with Gasteiger partial charge in [0.2, 0.25) is 0 Å². The lowest BCUT2D eigenvalue weighted by atomic mass is 10.0. The number of hydrogen-bond donors (Lipinski definition) is 1. The van der Waals surface area contributed by atoms with Gasteiger partial charge in [-0.25, -0.2) is 9.18 Å². The van der Waals surface area contributed by atoms with Crippen molar-refractivity contribution in [2.45, 2.75) is 27.4 Å². The van der Waals surface area contributed by atoms with E-state index in [2.05, 4.69) is 0 Å². The van der Waals surface area contributed by atoms with Crippen molar-refractivity contribution in [3.63, 3.8) is 0 Å². The molecule has 2 aromatic rings. The molecule has 0 radical (unpaired) electrons. The maximum absolute atomic E-state index is 13.6. The summed E-state index contributed by atoms with van der Waals surface area (Å²) in [5, 5.41) is 9.07. The lowest BCUT2D eigenvalue weighted by Gasteiger charge is -2.14. The normalized spacial score (nSPS) is 10.5. The highest BCUT2D eigenvalue weighted by molar-refractivity contribution is 5.91. The Balaban J connectivity index is 2.29. The highest BCUT2D eigenvalue weighted by atomic mass is 19.1. The molecule has 21 heavy (non-hydrogen) atoms. The van der Waals surface area contributed by atoms with Gasteiger partial charge in [0.05, 0.1) is 0 Å². The molecule has 0 bridgehead atoms. The van der Waals surface area contributed by atoms with Crippen LogP contribution in [0, 0.1) is 26.6 Å². The van der Waals surface area contributed by atoms with Gasteiger partial charge in [0.15, 0.2) is 0 Å². The smallest absolute Gasteiger partial charge is 0.342 e. The van der Waals surface area contributed by atoms with E-state index < -0.39 is 17.3 Å². The van der Waals surface area contributed by atoms with Gasteiger partial charge in [-0.1, -0.05) is 23.8 Å². The molecule has 0 aromatic heterocycles. The molecule has 2 rings (SSSR count). The summed E-state index contributed by atoms with van der Waals surface area (Å²) >= 11 is 0. The minimum absolute atomic E-state index is 0.0434. The number of ether oxygens (including phenoxy) is 1. The molecule has 0 fully saturated rings. The average Bonchev–Trinajstić information content (AvgIpc) is 2.36. The van der Waals surface area contributed by atoms with E-state index in [0.29, 0.717) is 0 Å². The fraction of sp³-hybridized carbons (Fsp3) is 0.235. The Hall–Kier alpha value is -2.36. The zero-order valence-corrected chi connectivity index (χ0v) is 12.2. The van der Waals surface area contributed by atoms with Crippen LogP contribution in [0.4, 0.5) is 4.39 Å². The Kier molecular flexibility index (Phi) is 4.26. The molecule has 0 aliphatic carbocycles. The second-order valence-corrected chi connectivity index (χ2v) is 5.08. The van der Waals surface area contributed by atoms with E-state index in [-0.39, 0.29) is 12.4 Å². The van der Waals surface area contributed by atoms with Crippen molar-refractivity contribution in [3.05, 3.63) is 64.0 Å². The number of carbonyl (C=O) groups is 1. The van der Waals surface area contributed by atoms with Crippen LogP contribution in [0.5, 0.6) is 5.75 Å². The van der Waals surface area contributed by atoms with Crippen molar-refractivity contribution in [3.8, 4) is 5.75 Å². The van der Waals surface area contributed by atoms with Gasteiger partial charge in [0.1, 0.15) is 23.7 Å².